The maximum absolute atomic E-state index is 12.6. The van der Waals surface area contributed by atoms with Crippen molar-refractivity contribution < 1.29 is 27.2 Å². The van der Waals surface area contributed by atoms with E-state index in [1.165, 1.54) is 0 Å². The van der Waals surface area contributed by atoms with Crippen LogP contribution in [0, 0.1) is 0 Å². The number of hydrogen-bond donors (Lipinski definition) is 2. The molecule has 1 aliphatic rings. The number of nitrogens with one attached hydrogen (secondary N) is 2. The minimum Gasteiger partial charge on any atom is -0.308 e. The minimum atomic E-state index is -3.13. The summed E-state index contributed by atoms with van der Waals surface area (Å²) in [6.45, 7) is 8.58. The van der Waals surface area contributed by atoms with E-state index in [1.54, 1.807) is 27.7 Å². The molecule has 26 heavy (non-hydrogen) atoms. The van der Waals surface area contributed by atoms with Gasteiger partial charge in [0.05, 0.1) is 39.0 Å². The summed E-state index contributed by atoms with van der Waals surface area (Å²) < 4.78 is 46.6. The van der Waals surface area contributed by atoms with Gasteiger partial charge in [0.1, 0.15) is 0 Å². The first-order chi connectivity index (χ1) is 12.4. The quantitative estimate of drug-likeness (QED) is 0.413. The second-order valence-corrected chi connectivity index (χ2v) is 10.2. The van der Waals surface area contributed by atoms with E-state index < -0.39 is 15.2 Å². The van der Waals surface area contributed by atoms with Gasteiger partial charge >= 0.3 is 15.2 Å². The molecule has 0 aliphatic heterocycles. The fourth-order valence-corrected chi connectivity index (χ4v) is 6.13. The Morgan fingerprint density at radius 2 is 1.00 bits per heavy atom. The Hall–Kier alpha value is 0.220. The van der Waals surface area contributed by atoms with Crippen LogP contribution in [0.25, 0.3) is 0 Å². The Morgan fingerprint density at radius 3 is 1.27 bits per heavy atom. The van der Waals surface area contributed by atoms with Gasteiger partial charge in [0, 0.05) is 12.1 Å². The van der Waals surface area contributed by atoms with Crippen molar-refractivity contribution in [3.63, 3.8) is 0 Å². The zero-order valence-corrected chi connectivity index (χ0v) is 18.4. The predicted octanol–water partition coefficient (Wildman–Crippen LogP) is 3.92. The molecule has 0 aromatic heterocycles. The summed E-state index contributed by atoms with van der Waals surface area (Å²) in [6.07, 6.45) is 4.43. The first-order valence-electron chi connectivity index (χ1n) is 9.65. The molecule has 0 amide bonds. The van der Waals surface area contributed by atoms with Crippen molar-refractivity contribution in [2.45, 2.75) is 65.5 Å². The van der Waals surface area contributed by atoms with Gasteiger partial charge in [0.25, 0.3) is 0 Å². The molecular weight excluding hydrogens is 378 g/mol. The first kappa shape index (κ1) is 24.3. The van der Waals surface area contributed by atoms with E-state index in [2.05, 4.69) is 10.6 Å². The highest BCUT2D eigenvalue weighted by Crippen LogP contribution is 2.48. The molecule has 0 heterocycles. The van der Waals surface area contributed by atoms with Gasteiger partial charge in [-0.15, -0.1) is 0 Å². The van der Waals surface area contributed by atoms with E-state index in [9.17, 15) is 9.13 Å². The fraction of sp³-hybridized carbons (Fsp3) is 1.00. The van der Waals surface area contributed by atoms with Crippen molar-refractivity contribution >= 4 is 15.2 Å². The lowest BCUT2D eigenvalue weighted by Crippen LogP contribution is -2.50. The summed E-state index contributed by atoms with van der Waals surface area (Å²) >= 11 is 0. The van der Waals surface area contributed by atoms with Crippen molar-refractivity contribution in [3.05, 3.63) is 0 Å². The van der Waals surface area contributed by atoms with Crippen LogP contribution in [-0.4, -0.2) is 51.1 Å². The standard InChI is InChI=1S/C16H36N2O6P2/c1-5-21-25(19,22-6-2)13-17-15-11-9-10-12-16(15)18-14-26(20,23-7-3)24-8-4/h15-18H,5-14H2,1-4H3. The molecule has 156 valence electrons. The third-order valence-electron chi connectivity index (χ3n) is 4.16. The van der Waals surface area contributed by atoms with Gasteiger partial charge in [-0.3, -0.25) is 9.13 Å². The largest absolute Gasteiger partial charge is 0.344 e. The topological polar surface area (TPSA) is 95.1 Å². The summed E-state index contributed by atoms with van der Waals surface area (Å²) in [4.78, 5) is 0. The maximum atomic E-state index is 12.6. The van der Waals surface area contributed by atoms with Gasteiger partial charge in [-0.2, -0.15) is 0 Å². The van der Waals surface area contributed by atoms with Crippen LogP contribution in [0.15, 0.2) is 0 Å². The van der Waals surface area contributed by atoms with Crippen LogP contribution in [0.2, 0.25) is 0 Å². The molecule has 1 aliphatic carbocycles. The molecule has 2 N–H and O–H groups in total. The molecule has 1 rings (SSSR count). The van der Waals surface area contributed by atoms with Gasteiger partial charge < -0.3 is 28.7 Å². The van der Waals surface area contributed by atoms with Gasteiger partial charge in [0.15, 0.2) is 0 Å². The lowest BCUT2D eigenvalue weighted by Gasteiger charge is -2.34. The number of rotatable bonds is 14. The van der Waals surface area contributed by atoms with Crippen LogP contribution in [-0.2, 0) is 27.2 Å². The SMILES string of the molecule is CCOP(=O)(CNC1CCCCC1NCP(=O)(OCC)OCC)OCC. The third kappa shape index (κ3) is 8.49. The van der Waals surface area contributed by atoms with Crippen molar-refractivity contribution in [2.24, 2.45) is 0 Å². The van der Waals surface area contributed by atoms with Gasteiger partial charge in [0.2, 0.25) is 0 Å². The van der Waals surface area contributed by atoms with Crippen LogP contribution in [0.5, 0.6) is 0 Å². The van der Waals surface area contributed by atoms with Crippen molar-refractivity contribution in [3.8, 4) is 0 Å². The molecule has 2 unspecified atom stereocenters. The van der Waals surface area contributed by atoms with Crippen molar-refractivity contribution in [2.75, 3.05) is 39.0 Å². The van der Waals surface area contributed by atoms with E-state index in [4.69, 9.17) is 18.1 Å². The number of hydrogen-bond acceptors (Lipinski definition) is 8. The highest BCUT2D eigenvalue weighted by Gasteiger charge is 2.32. The zero-order valence-electron chi connectivity index (χ0n) is 16.6. The minimum absolute atomic E-state index is 0.106. The lowest BCUT2D eigenvalue weighted by atomic mass is 9.91. The van der Waals surface area contributed by atoms with Crippen LogP contribution >= 0.6 is 15.2 Å². The van der Waals surface area contributed by atoms with E-state index >= 15 is 0 Å². The summed E-state index contributed by atoms with van der Waals surface area (Å²) in [5.74, 6) is 0. The first-order valence-corrected chi connectivity index (χ1v) is 13.1. The van der Waals surface area contributed by atoms with E-state index in [0.717, 1.165) is 25.7 Å². The Kier molecular flexibility index (Phi) is 11.8. The summed E-state index contributed by atoms with van der Waals surface area (Å²) in [5.41, 5.74) is 0. The van der Waals surface area contributed by atoms with Crippen LogP contribution in [0.4, 0.5) is 0 Å². The molecule has 0 saturated heterocycles. The molecule has 0 bridgehead atoms. The zero-order chi connectivity index (χ0) is 19.5. The monoisotopic (exact) mass is 414 g/mol. The summed E-state index contributed by atoms with van der Waals surface area (Å²) in [7, 11) is -6.26. The molecule has 0 aromatic rings. The average Bonchev–Trinajstić information content (AvgIpc) is 2.60. The highest BCUT2D eigenvalue weighted by atomic mass is 31.2. The highest BCUT2D eigenvalue weighted by molar-refractivity contribution is 7.54. The predicted molar refractivity (Wildman–Crippen MR) is 104 cm³/mol. The maximum Gasteiger partial charge on any atom is 0.344 e. The molecule has 8 nitrogen and oxygen atoms in total. The van der Waals surface area contributed by atoms with Gasteiger partial charge in [-0.1, -0.05) is 12.8 Å². The van der Waals surface area contributed by atoms with E-state index in [1.807, 2.05) is 0 Å². The average molecular weight is 414 g/mol. The Morgan fingerprint density at radius 1 is 0.692 bits per heavy atom. The molecule has 2 atom stereocenters. The van der Waals surface area contributed by atoms with Crippen LogP contribution in [0.3, 0.4) is 0 Å². The smallest absolute Gasteiger partial charge is 0.308 e. The second-order valence-electron chi connectivity index (χ2n) is 6.11. The normalized spacial score (nSPS) is 21.8. The van der Waals surface area contributed by atoms with Gasteiger partial charge in [-0.25, -0.2) is 0 Å². The lowest BCUT2D eigenvalue weighted by molar-refractivity contribution is 0.206. The van der Waals surface area contributed by atoms with Gasteiger partial charge in [-0.05, 0) is 40.5 Å². The second kappa shape index (κ2) is 12.6. The van der Waals surface area contributed by atoms with Crippen molar-refractivity contribution in [1.82, 2.24) is 10.6 Å². The van der Waals surface area contributed by atoms with E-state index in [-0.39, 0.29) is 24.7 Å². The molecule has 0 aromatic carbocycles. The van der Waals surface area contributed by atoms with Crippen LogP contribution in [0.1, 0.15) is 53.4 Å². The summed E-state index contributed by atoms with van der Waals surface area (Å²) in [6, 6.07) is 0.212. The molecule has 0 spiro atoms. The van der Waals surface area contributed by atoms with Crippen molar-refractivity contribution in [1.29, 1.82) is 0 Å². The third-order valence-corrected chi connectivity index (χ3v) is 7.91. The van der Waals surface area contributed by atoms with E-state index in [0.29, 0.717) is 26.4 Å². The Labute approximate surface area is 158 Å². The molecular formula is C16H36N2O6P2. The molecule has 1 fully saturated rings. The Bertz CT molecular complexity index is 418. The molecule has 10 heteroatoms. The van der Waals surface area contributed by atoms with Crippen LogP contribution < -0.4 is 10.6 Å². The Balaban J connectivity index is 2.63. The molecule has 1 saturated carbocycles. The molecule has 0 radical (unpaired) electrons. The summed E-state index contributed by atoms with van der Waals surface area (Å²) in [5, 5.41) is 6.67. The fourth-order valence-electron chi connectivity index (χ4n) is 3.12.